The molecule has 0 spiro atoms. The summed E-state index contributed by atoms with van der Waals surface area (Å²) in [5.41, 5.74) is 0.971. The maximum Gasteiger partial charge on any atom is 0.265 e. The summed E-state index contributed by atoms with van der Waals surface area (Å²) < 4.78 is 56.2. The first-order valence-electron chi connectivity index (χ1n) is 10.5. The van der Waals surface area contributed by atoms with E-state index in [4.69, 9.17) is 0 Å². The fraction of sp³-hybridized carbons (Fsp3) is 0.0385. The molecule has 0 amide bonds. The second-order valence-corrected chi connectivity index (χ2v) is 11.0. The third-order valence-electron chi connectivity index (χ3n) is 5.20. The molecule has 9 heteroatoms. The molecule has 0 heterocycles. The van der Waals surface area contributed by atoms with E-state index in [9.17, 15) is 22.1 Å². The van der Waals surface area contributed by atoms with Crippen molar-refractivity contribution < 1.29 is 16.8 Å². The molecule has 0 saturated heterocycles. The number of nitriles is 1. The molecular weight excluding hydrogens is 482 g/mol. The summed E-state index contributed by atoms with van der Waals surface area (Å²) in [4.78, 5) is 0.135. The summed E-state index contributed by atoms with van der Waals surface area (Å²) in [7, 11) is -7.95. The van der Waals surface area contributed by atoms with Crippen LogP contribution in [0, 0.1) is 11.3 Å². The first-order valence-corrected chi connectivity index (χ1v) is 13.5. The van der Waals surface area contributed by atoms with Crippen LogP contribution < -0.4 is 9.03 Å². The SMILES string of the molecule is N#CC(c1ccccc1)N(c1ccc(NS(=O)(=O)c2ccccc2)cc1)S(=O)(=O)c1ccccc1. The third kappa shape index (κ3) is 5.19. The molecule has 0 saturated carbocycles. The molecule has 1 N–H and O–H groups in total. The average Bonchev–Trinajstić information content (AvgIpc) is 2.89. The highest BCUT2D eigenvalue weighted by Crippen LogP contribution is 2.34. The summed E-state index contributed by atoms with van der Waals surface area (Å²) in [5.74, 6) is 0. The first kappa shape index (κ1) is 24.0. The van der Waals surface area contributed by atoms with E-state index >= 15 is 0 Å². The van der Waals surface area contributed by atoms with Gasteiger partial charge in [-0.25, -0.2) is 21.1 Å². The van der Waals surface area contributed by atoms with E-state index in [1.807, 2.05) is 0 Å². The Bertz CT molecular complexity index is 1540. The van der Waals surface area contributed by atoms with Gasteiger partial charge in [0.1, 0.15) is 0 Å². The van der Waals surface area contributed by atoms with Crippen molar-refractivity contribution in [1.82, 2.24) is 0 Å². The molecule has 7 nitrogen and oxygen atoms in total. The molecule has 0 radical (unpaired) electrons. The number of nitrogens with zero attached hydrogens (tertiary/aromatic N) is 2. The molecule has 0 aliphatic heterocycles. The molecular formula is C26H21N3O4S2. The first-order chi connectivity index (χ1) is 16.8. The zero-order valence-electron chi connectivity index (χ0n) is 18.4. The largest absolute Gasteiger partial charge is 0.280 e. The Labute approximate surface area is 205 Å². The lowest BCUT2D eigenvalue weighted by atomic mass is 10.1. The van der Waals surface area contributed by atoms with Gasteiger partial charge >= 0.3 is 0 Å². The average molecular weight is 504 g/mol. The van der Waals surface area contributed by atoms with Crippen LogP contribution >= 0.6 is 0 Å². The summed E-state index contributed by atoms with van der Waals surface area (Å²) in [6.07, 6.45) is 0. The highest BCUT2D eigenvalue weighted by molar-refractivity contribution is 7.93. The van der Waals surface area contributed by atoms with E-state index in [2.05, 4.69) is 10.8 Å². The smallest absolute Gasteiger partial charge is 0.265 e. The molecule has 35 heavy (non-hydrogen) atoms. The summed E-state index contributed by atoms with van der Waals surface area (Å²) in [5, 5.41) is 10.0. The number of rotatable bonds is 8. The Morgan fingerprint density at radius 2 is 1.14 bits per heavy atom. The fourth-order valence-corrected chi connectivity index (χ4v) is 6.17. The lowest BCUT2D eigenvalue weighted by Crippen LogP contribution is -2.34. The minimum absolute atomic E-state index is 0.0324. The van der Waals surface area contributed by atoms with Crippen molar-refractivity contribution in [2.24, 2.45) is 0 Å². The lowest BCUT2D eigenvalue weighted by Gasteiger charge is -2.29. The van der Waals surface area contributed by atoms with E-state index < -0.39 is 26.1 Å². The van der Waals surface area contributed by atoms with Gasteiger partial charge in [-0.3, -0.25) is 4.72 Å². The molecule has 176 valence electrons. The monoisotopic (exact) mass is 503 g/mol. The summed E-state index contributed by atoms with van der Waals surface area (Å²) >= 11 is 0. The predicted octanol–water partition coefficient (Wildman–Crippen LogP) is 4.95. The van der Waals surface area contributed by atoms with Crippen LogP contribution in [0.2, 0.25) is 0 Å². The number of nitrogens with one attached hydrogen (secondary N) is 1. The molecule has 1 unspecified atom stereocenters. The zero-order chi connectivity index (χ0) is 24.9. The third-order valence-corrected chi connectivity index (χ3v) is 8.40. The van der Waals surface area contributed by atoms with Crippen molar-refractivity contribution in [1.29, 1.82) is 5.26 Å². The van der Waals surface area contributed by atoms with Gasteiger partial charge in [0.2, 0.25) is 0 Å². The molecule has 4 aromatic carbocycles. The fourth-order valence-electron chi connectivity index (χ4n) is 3.52. The Hall–Kier alpha value is -4.13. The maximum atomic E-state index is 13.7. The van der Waals surface area contributed by atoms with Gasteiger partial charge in [0.25, 0.3) is 20.0 Å². The Morgan fingerprint density at radius 1 is 0.657 bits per heavy atom. The Kier molecular flexibility index (Phi) is 6.87. The van der Waals surface area contributed by atoms with E-state index in [1.165, 1.54) is 48.5 Å². The van der Waals surface area contributed by atoms with E-state index in [-0.39, 0.29) is 21.2 Å². The van der Waals surface area contributed by atoms with Gasteiger partial charge in [-0.05, 0) is 54.1 Å². The van der Waals surface area contributed by atoms with Gasteiger partial charge in [0, 0.05) is 5.69 Å². The van der Waals surface area contributed by atoms with Crippen LogP contribution in [0.15, 0.2) is 125 Å². The van der Waals surface area contributed by atoms with Crippen molar-refractivity contribution in [3.8, 4) is 6.07 Å². The van der Waals surface area contributed by atoms with Gasteiger partial charge in [0.05, 0.1) is 21.5 Å². The molecule has 0 aromatic heterocycles. The van der Waals surface area contributed by atoms with Crippen LogP contribution in [-0.4, -0.2) is 16.8 Å². The number of anilines is 2. The number of benzene rings is 4. The summed E-state index contributed by atoms with van der Waals surface area (Å²) in [6.45, 7) is 0. The van der Waals surface area contributed by atoms with Crippen LogP contribution in [0.4, 0.5) is 11.4 Å². The van der Waals surface area contributed by atoms with Crippen LogP contribution in [0.1, 0.15) is 11.6 Å². The van der Waals surface area contributed by atoms with Crippen molar-refractivity contribution in [3.63, 3.8) is 0 Å². The molecule has 4 aromatic rings. The van der Waals surface area contributed by atoms with Crippen LogP contribution in [0.5, 0.6) is 0 Å². The van der Waals surface area contributed by atoms with Crippen molar-refractivity contribution >= 4 is 31.4 Å². The van der Waals surface area contributed by atoms with E-state index in [1.54, 1.807) is 66.7 Å². The molecule has 0 bridgehead atoms. The second-order valence-electron chi connectivity index (χ2n) is 7.52. The molecule has 0 fully saturated rings. The number of hydrogen-bond acceptors (Lipinski definition) is 5. The predicted molar refractivity (Wildman–Crippen MR) is 135 cm³/mol. The second kappa shape index (κ2) is 10.0. The van der Waals surface area contributed by atoms with Crippen molar-refractivity contribution in [3.05, 3.63) is 121 Å². The van der Waals surface area contributed by atoms with Gasteiger partial charge in [-0.15, -0.1) is 0 Å². The van der Waals surface area contributed by atoms with Gasteiger partial charge in [0.15, 0.2) is 6.04 Å². The number of hydrogen-bond donors (Lipinski definition) is 1. The standard InChI is InChI=1S/C26H21N3O4S2/c27-20-26(21-10-4-1-5-11-21)29(35(32,33)25-14-8-3-9-15-25)23-18-16-22(17-19-23)28-34(30,31)24-12-6-2-7-13-24/h1-19,26,28H. The molecule has 1 atom stereocenters. The molecule has 0 aliphatic carbocycles. The van der Waals surface area contributed by atoms with E-state index in [0.717, 1.165) is 4.31 Å². The lowest BCUT2D eigenvalue weighted by molar-refractivity contribution is 0.587. The van der Waals surface area contributed by atoms with Crippen molar-refractivity contribution in [2.45, 2.75) is 15.8 Å². The van der Waals surface area contributed by atoms with Crippen molar-refractivity contribution in [2.75, 3.05) is 9.03 Å². The quantitative estimate of drug-likeness (QED) is 0.366. The van der Waals surface area contributed by atoms with Crippen LogP contribution in [0.25, 0.3) is 0 Å². The molecule has 4 rings (SSSR count). The molecule has 0 aliphatic rings. The summed E-state index contributed by atoms with van der Waals surface area (Å²) in [6, 6.07) is 31.2. The van der Waals surface area contributed by atoms with Gasteiger partial charge < -0.3 is 0 Å². The van der Waals surface area contributed by atoms with Crippen LogP contribution in [0.3, 0.4) is 0 Å². The topological polar surface area (TPSA) is 107 Å². The van der Waals surface area contributed by atoms with Gasteiger partial charge in [-0.1, -0.05) is 66.7 Å². The number of sulfonamides is 2. The Morgan fingerprint density at radius 3 is 1.66 bits per heavy atom. The normalized spacial score (nSPS) is 12.3. The minimum atomic E-state index is -4.13. The minimum Gasteiger partial charge on any atom is -0.280 e. The maximum absolute atomic E-state index is 13.7. The van der Waals surface area contributed by atoms with Crippen LogP contribution in [-0.2, 0) is 20.0 Å². The van der Waals surface area contributed by atoms with E-state index in [0.29, 0.717) is 5.56 Å². The highest BCUT2D eigenvalue weighted by Gasteiger charge is 2.33. The zero-order valence-corrected chi connectivity index (χ0v) is 20.0. The Balaban J connectivity index is 1.75. The highest BCUT2D eigenvalue weighted by atomic mass is 32.2. The van der Waals surface area contributed by atoms with Gasteiger partial charge in [-0.2, -0.15) is 5.26 Å².